The van der Waals surface area contributed by atoms with Gasteiger partial charge in [0, 0.05) is 36.0 Å². The van der Waals surface area contributed by atoms with Crippen molar-refractivity contribution in [3.8, 4) is 17.2 Å². The van der Waals surface area contributed by atoms with Gasteiger partial charge in [-0.25, -0.2) is 9.78 Å². The molecule has 30 heavy (non-hydrogen) atoms. The van der Waals surface area contributed by atoms with Gasteiger partial charge < -0.3 is 20.3 Å². The lowest BCUT2D eigenvalue weighted by molar-refractivity contribution is 0.173. The summed E-state index contributed by atoms with van der Waals surface area (Å²) in [5, 5.41) is 22.8. The Bertz CT molecular complexity index is 1180. The van der Waals surface area contributed by atoms with Crippen LogP contribution in [0.25, 0.3) is 22.2 Å². The molecular weight excluding hydrogens is 427 g/mol. The van der Waals surface area contributed by atoms with Crippen molar-refractivity contribution in [1.82, 2.24) is 20.3 Å². The Morgan fingerprint density at radius 1 is 1.30 bits per heavy atom. The van der Waals surface area contributed by atoms with Crippen molar-refractivity contribution in [3.63, 3.8) is 0 Å². The topological polar surface area (TPSA) is 118 Å². The SMILES string of the molecule is CC1(NC(=O)O)CCN(c2nc(C#N)c3c(-c4cccc(Cl)c4Cl)c[nH]c3n2)CC1. The third kappa shape index (κ3) is 3.62. The van der Waals surface area contributed by atoms with E-state index in [1.54, 1.807) is 18.3 Å². The standard InChI is InChI=1S/C20H18Cl2N6O2/c1-20(27-19(29)30)5-7-28(8-6-20)18-25-14(9-23)15-12(10-24-17(15)26-18)11-3-2-4-13(21)16(11)22/h2-4,10,27H,5-8H2,1H3,(H,29,30)(H,24,25,26). The van der Waals surface area contributed by atoms with Crippen LogP contribution in [0.1, 0.15) is 25.5 Å². The maximum atomic E-state index is 11.0. The number of nitriles is 1. The minimum Gasteiger partial charge on any atom is -0.465 e. The Morgan fingerprint density at radius 3 is 2.70 bits per heavy atom. The predicted octanol–water partition coefficient (Wildman–Crippen LogP) is 4.43. The lowest BCUT2D eigenvalue weighted by atomic mass is 9.90. The number of hydrogen-bond donors (Lipinski definition) is 3. The number of amides is 1. The fourth-order valence-electron chi connectivity index (χ4n) is 3.75. The summed E-state index contributed by atoms with van der Waals surface area (Å²) in [5.74, 6) is 0.432. The predicted molar refractivity (Wildman–Crippen MR) is 115 cm³/mol. The molecule has 1 fully saturated rings. The molecule has 154 valence electrons. The van der Waals surface area contributed by atoms with Crippen LogP contribution < -0.4 is 10.2 Å². The number of benzene rings is 1. The molecule has 3 N–H and O–H groups in total. The number of carboxylic acid groups (broad SMARTS) is 1. The van der Waals surface area contributed by atoms with Crippen molar-refractivity contribution >= 4 is 46.3 Å². The molecule has 0 unspecified atom stereocenters. The maximum Gasteiger partial charge on any atom is 0.405 e. The molecule has 0 spiro atoms. The van der Waals surface area contributed by atoms with E-state index in [0.717, 1.165) is 0 Å². The number of aromatic amines is 1. The summed E-state index contributed by atoms with van der Waals surface area (Å²) in [6, 6.07) is 7.48. The molecule has 1 amide bonds. The molecule has 0 radical (unpaired) electrons. The van der Waals surface area contributed by atoms with Gasteiger partial charge in [-0.3, -0.25) is 0 Å². The van der Waals surface area contributed by atoms with Gasteiger partial charge in [-0.2, -0.15) is 10.2 Å². The molecule has 1 aliphatic rings. The van der Waals surface area contributed by atoms with Crippen molar-refractivity contribution in [2.75, 3.05) is 18.0 Å². The number of anilines is 1. The highest BCUT2D eigenvalue weighted by Crippen LogP contribution is 2.38. The van der Waals surface area contributed by atoms with Crippen LogP contribution in [0.15, 0.2) is 24.4 Å². The zero-order valence-electron chi connectivity index (χ0n) is 16.0. The van der Waals surface area contributed by atoms with Crippen LogP contribution >= 0.6 is 23.2 Å². The number of nitrogens with zero attached hydrogens (tertiary/aromatic N) is 4. The second-order valence-corrected chi connectivity index (χ2v) is 8.27. The number of nitrogens with one attached hydrogen (secondary N) is 2. The van der Waals surface area contributed by atoms with Gasteiger partial charge in [0.05, 0.1) is 15.4 Å². The summed E-state index contributed by atoms with van der Waals surface area (Å²) >= 11 is 12.5. The third-order valence-electron chi connectivity index (χ3n) is 5.43. The third-order valence-corrected chi connectivity index (χ3v) is 6.24. The van der Waals surface area contributed by atoms with E-state index in [2.05, 4.69) is 26.3 Å². The molecule has 0 saturated carbocycles. The summed E-state index contributed by atoms with van der Waals surface area (Å²) in [4.78, 5) is 25.2. The summed E-state index contributed by atoms with van der Waals surface area (Å²) in [6.07, 6.45) is 1.92. The van der Waals surface area contributed by atoms with Gasteiger partial charge in [0.25, 0.3) is 0 Å². The zero-order valence-corrected chi connectivity index (χ0v) is 17.5. The van der Waals surface area contributed by atoms with Crippen LogP contribution in [-0.4, -0.2) is 44.8 Å². The van der Waals surface area contributed by atoms with Crippen LogP contribution in [0.5, 0.6) is 0 Å². The van der Waals surface area contributed by atoms with Crippen molar-refractivity contribution in [3.05, 3.63) is 40.1 Å². The molecule has 4 rings (SSSR count). The number of fused-ring (bicyclic) bond motifs is 1. The summed E-state index contributed by atoms with van der Waals surface area (Å²) in [5.41, 5.74) is 1.67. The minimum atomic E-state index is -1.03. The first-order valence-corrected chi connectivity index (χ1v) is 10.1. The highest BCUT2D eigenvalue weighted by atomic mass is 35.5. The molecule has 0 bridgehead atoms. The van der Waals surface area contributed by atoms with E-state index in [9.17, 15) is 10.1 Å². The molecule has 0 aliphatic carbocycles. The van der Waals surface area contributed by atoms with Crippen LogP contribution in [0, 0.1) is 11.3 Å². The first-order chi connectivity index (χ1) is 14.3. The Balaban J connectivity index is 1.70. The molecule has 3 heterocycles. The van der Waals surface area contributed by atoms with Gasteiger partial charge >= 0.3 is 6.09 Å². The molecule has 1 aliphatic heterocycles. The van der Waals surface area contributed by atoms with E-state index in [-0.39, 0.29) is 5.69 Å². The summed E-state index contributed by atoms with van der Waals surface area (Å²) in [7, 11) is 0. The van der Waals surface area contributed by atoms with E-state index >= 15 is 0 Å². The summed E-state index contributed by atoms with van der Waals surface area (Å²) < 4.78 is 0. The van der Waals surface area contributed by atoms with Crippen molar-refractivity contribution in [2.24, 2.45) is 0 Å². The average Bonchev–Trinajstić information content (AvgIpc) is 3.13. The summed E-state index contributed by atoms with van der Waals surface area (Å²) in [6.45, 7) is 3.02. The number of aromatic nitrogens is 3. The lowest BCUT2D eigenvalue weighted by Gasteiger charge is -2.39. The number of piperidine rings is 1. The first kappa shape index (κ1) is 20.3. The largest absolute Gasteiger partial charge is 0.465 e. The van der Waals surface area contributed by atoms with Crippen molar-refractivity contribution in [2.45, 2.75) is 25.3 Å². The fourth-order valence-corrected chi connectivity index (χ4v) is 4.15. The van der Waals surface area contributed by atoms with Crippen LogP contribution in [0.4, 0.5) is 10.7 Å². The van der Waals surface area contributed by atoms with Gasteiger partial charge in [-0.1, -0.05) is 35.3 Å². The number of rotatable bonds is 3. The highest BCUT2D eigenvalue weighted by Gasteiger charge is 2.33. The first-order valence-electron chi connectivity index (χ1n) is 9.31. The molecule has 3 aromatic rings. The second-order valence-electron chi connectivity index (χ2n) is 7.49. The Kier molecular flexibility index (Phi) is 5.18. The Labute approximate surface area is 182 Å². The smallest absolute Gasteiger partial charge is 0.405 e. The zero-order chi connectivity index (χ0) is 21.5. The molecule has 8 nitrogen and oxygen atoms in total. The van der Waals surface area contributed by atoms with E-state index < -0.39 is 11.6 Å². The monoisotopic (exact) mass is 444 g/mol. The Morgan fingerprint density at radius 2 is 2.03 bits per heavy atom. The van der Waals surface area contributed by atoms with Crippen LogP contribution in [-0.2, 0) is 0 Å². The van der Waals surface area contributed by atoms with E-state index in [1.165, 1.54) is 0 Å². The van der Waals surface area contributed by atoms with E-state index in [4.69, 9.17) is 28.3 Å². The van der Waals surface area contributed by atoms with Gasteiger partial charge in [0.1, 0.15) is 11.7 Å². The highest BCUT2D eigenvalue weighted by molar-refractivity contribution is 6.44. The van der Waals surface area contributed by atoms with Gasteiger partial charge in [0.2, 0.25) is 5.95 Å². The van der Waals surface area contributed by atoms with Gasteiger partial charge in [-0.15, -0.1) is 0 Å². The fraction of sp³-hybridized carbons (Fsp3) is 0.300. The average molecular weight is 445 g/mol. The minimum absolute atomic E-state index is 0.235. The molecule has 10 heteroatoms. The molecule has 2 aromatic heterocycles. The number of carbonyl (C=O) groups is 1. The Hall–Kier alpha value is -3.02. The normalized spacial score (nSPS) is 15.7. The maximum absolute atomic E-state index is 11.0. The lowest BCUT2D eigenvalue weighted by Crippen LogP contribution is -2.53. The number of hydrogen-bond acceptors (Lipinski definition) is 5. The number of H-pyrrole nitrogens is 1. The molecule has 0 atom stereocenters. The van der Waals surface area contributed by atoms with Crippen molar-refractivity contribution in [1.29, 1.82) is 5.26 Å². The molecular formula is C20H18Cl2N6O2. The molecule has 1 saturated heterocycles. The van der Waals surface area contributed by atoms with Crippen LogP contribution in [0.3, 0.4) is 0 Å². The quantitative estimate of drug-likeness (QED) is 0.549. The van der Waals surface area contributed by atoms with E-state index in [1.807, 2.05) is 17.9 Å². The second kappa shape index (κ2) is 7.67. The van der Waals surface area contributed by atoms with Gasteiger partial charge in [-0.05, 0) is 25.8 Å². The molecule has 1 aromatic carbocycles. The van der Waals surface area contributed by atoms with Crippen molar-refractivity contribution < 1.29 is 9.90 Å². The van der Waals surface area contributed by atoms with Gasteiger partial charge in [0.15, 0.2) is 5.69 Å². The van der Waals surface area contributed by atoms with E-state index in [0.29, 0.717) is 64.1 Å². The number of halogens is 2. The van der Waals surface area contributed by atoms with Crippen LogP contribution in [0.2, 0.25) is 10.0 Å².